The molecule has 0 aliphatic rings. The highest BCUT2D eigenvalue weighted by atomic mass is 16.5. The fraction of sp³-hybridized carbons (Fsp3) is 0.0588. The number of amides is 1. The molecule has 1 aromatic carbocycles. The van der Waals surface area contributed by atoms with Crippen LogP contribution in [0.2, 0.25) is 0 Å². The van der Waals surface area contributed by atoms with Gasteiger partial charge < -0.3 is 9.84 Å². The Bertz CT molecular complexity index is 1020. The zero-order valence-corrected chi connectivity index (χ0v) is 12.8. The number of carbonyl (C=O) groups excluding carboxylic acids is 1. The summed E-state index contributed by atoms with van der Waals surface area (Å²) in [6, 6.07) is 11.1. The number of benzene rings is 1. The molecule has 7 nitrogen and oxygen atoms in total. The summed E-state index contributed by atoms with van der Waals surface area (Å²) in [6.45, 7) is 1.88. The van der Waals surface area contributed by atoms with Crippen LogP contribution in [-0.2, 0) is 0 Å². The molecule has 3 heterocycles. The zero-order chi connectivity index (χ0) is 16.5. The predicted molar refractivity (Wildman–Crippen MR) is 87.6 cm³/mol. The Kier molecular flexibility index (Phi) is 3.31. The van der Waals surface area contributed by atoms with Crippen molar-refractivity contribution in [3.63, 3.8) is 0 Å². The summed E-state index contributed by atoms with van der Waals surface area (Å²) in [5.74, 6) is 0.233. The molecule has 24 heavy (non-hydrogen) atoms. The summed E-state index contributed by atoms with van der Waals surface area (Å²) in [5.41, 5.74) is 3.62. The lowest BCUT2D eigenvalue weighted by Gasteiger charge is -2.08. The maximum atomic E-state index is 12.7. The monoisotopic (exact) mass is 319 g/mol. The largest absolute Gasteiger partial charge is 0.342 e. The van der Waals surface area contributed by atoms with Gasteiger partial charge in [0.05, 0.1) is 17.4 Å². The van der Waals surface area contributed by atoms with Crippen LogP contribution in [0.1, 0.15) is 15.9 Å². The highest BCUT2D eigenvalue weighted by molar-refractivity contribution is 6.07. The molecular weight excluding hydrogens is 306 g/mol. The number of pyridine rings is 1. The predicted octanol–water partition coefficient (Wildman–Crippen LogP) is 2.95. The van der Waals surface area contributed by atoms with Gasteiger partial charge in [-0.25, -0.2) is 4.52 Å². The Morgan fingerprint density at radius 1 is 1.25 bits per heavy atom. The molecular formula is C17H13N5O2. The first-order chi connectivity index (χ1) is 11.7. The third-order valence-electron chi connectivity index (χ3n) is 3.78. The summed E-state index contributed by atoms with van der Waals surface area (Å²) in [5, 5.41) is 10.9. The SMILES string of the molecule is Cc1ccc(-c2ncon2)cc1C(=O)Nc1cnn2ccccc12. The lowest BCUT2D eigenvalue weighted by atomic mass is 10.0. The molecule has 0 fully saturated rings. The minimum absolute atomic E-state index is 0.211. The Labute approximate surface area is 136 Å². The number of rotatable bonds is 3. The highest BCUT2D eigenvalue weighted by Crippen LogP contribution is 2.22. The van der Waals surface area contributed by atoms with E-state index in [1.54, 1.807) is 16.8 Å². The van der Waals surface area contributed by atoms with Crippen LogP contribution in [0, 0.1) is 6.92 Å². The molecule has 1 amide bonds. The molecule has 0 atom stereocenters. The molecule has 4 aromatic rings. The van der Waals surface area contributed by atoms with Crippen molar-refractivity contribution in [3.8, 4) is 11.4 Å². The topological polar surface area (TPSA) is 85.3 Å². The first-order valence-corrected chi connectivity index (χ1v) is 7.33. The minimum Gasteiger partial charge on any atom is -0.342 e. The molecule has 118 valence electrons. The van der Waals surface area contributed by atoms with E-state index in [4.69, 9.17) is 4.52 Å². The number of fused-ring (bicyclic) bond motifs is 1. The van der Waals surface area contributed by atoms with Gasteiger partial charge in [-0.2, -0.15) is 10.1 Å². The number of nitrogens with zero attached hydrogens (tertiary/aromatic N) is 4. The van der Waals surface area contributed by atoms with Gasteiger partial charge in [-0.05, 0) is 30.7 Å². The van der Waals surface area contributed by atoms with E-state index in [2.05, 4.69) is 20.6 Å². The van der Waals surface area contributed by atoms with Crippen LogP contribution in [0.25, 0.3) is 16.9 Å². The van der Waals surface area contributed by atoms with Gasteiger partial charge >= 0.3 is 0 Å². The number of aryl methyl sites for hydroxylation is 1. The standard InChI is InChI=1S/C17H13N5O2/c1-11-5-6-12(16-18-10-24-21-16)8-13(11)17(23)20-14-9-19-22-7-3-2-4-15(14)22/h2-10H,1H3,(H,20,23). The van der Waals surface area contributed by atoms with Gasteiger partial charge in [0.15, 0.2) is 0 Å². The van der Waals surface area contributed by atoms with Crippen LogP contribution in [-0.4, -0.2) is 25.7 Å². The molecule has 3 aromatic heterocycles. The smallest absolute Gasteiger partial charge is 0.256 e. The lowest BCUT2D eigenvalue weighted by Crippen LogP contribution is -2.13. The molecule has 0 saturated heterocycles. The average Bonchev–Trinajstić information content (AvgIpc) is 3.26. The first kappa shape index (κ1) is 14.1. The molecule has 0 saturated carbocycles. The van der Waals surface area contributed by atoms with Crippen molar-refractivity contribution < 1.29 is 9.32 Å². The normalized spacial score (nSPS) is 10.9. The van der Waals surface area contributed by atoms with Gasteiger partial charge in [-0.1, -0.05) is 23.4 Å². The minimum atomic E-state index is -0.211. The van der Waals surface area contributed by atoms with Crippen LogP contribution in [0.4, 0.5) is 5.69 Å². The molecule has 0 aliphatic carbocycles. The Hall–Kier alpha value is -3.48. The van der Waals surface area contributed by atoms with Gasteiger partial charge in [0.1, 0.15) is 0 Å². The van der Waals surface area contributed by atoms with Crippen molar-refractivity contribution in [1.29, 1.82) is 0 Å². The fourth-order valence-corrected chi connectivity index (χ4v) is 2.52. The number of nitrogens with one attached hydrogen (secondary N) is 1. The number of aromatic nitrogens is 4. The fourth-order valence-electron chi connectivity index (χ4n) is 2.52. The molecule has 1 N–H and O–H groups in total. The van der Waals surface area contributed by atoms with Crippen LogP contribution in [0.5, 0.6) is 0 Å². The second kappa shape index (κ2) is 5.62. The van der Waals surface area contributed by atoms with Crippen molar-refractivity contribution in [2.24, 2.45) is 0 Å². The summed E-state index contributed by atoms with van der Waals surface area (Å²) in [4.78, 5) is 16.7. The summed E-state index contributed by atoms with van der Waals surface area (Å²) in [6.07, 6.45) is 4.71. The van der Waals surface area contributed by atoms with Gasteiger partial charge in [0.25, 0.3) is 5.91 Å². The van der Waals surface area contributed by atoms with E-state index in [0.29, 0.717) is 17.1 Å². The van der Waals surface area contributed by atoms with E-state index in [1.165, 1.54) is 6.39 Å². The molecule has 0 bridgehead atoms. The first-order valence-electron chi connectivity index (χ1n) is 7.33. The van der Waals surface area contributed by atoms with Crippen molar-refractivity contribution >= 4 is 17.1 Å². The Morgan fingerprint density at radius 3 is 3.00 bits per heavy atom. The molecule has 0 spiro atoms. The molecule has 0 aliphatic heterocycles. The van der Waals surface area contributed by atoms with Crippen LogP contribution >= 0.6 is 0 Å². The second-order valence-corrected chi connectivity index (χ2v) is 5.33. The quantitative estimate of drug-likeness (QED) is 0.627. The van der Waals surface area contributed by atoms with E-state index in [0.717, 1.165) is 16.6 Å². The summed E-state index contributed by atoms with van der Waals surface area (Å²) < 4.78 is 6.47. The lowest BCUT2D eigenvalue weighted by molar-refractivity contribution is 0.102. The molecule has 7 heteroatoms. The highest BCUT2D eigenvalue weighted by Gasteiger charge is 2.14. The Balaban J connectivity index is 1.68. The van der Waals surface area contributed by atoms with Gasteiger partial charge in [0, 0.05) is 17.3 Å². The molecule has 0 radical (unpaired) electrons. The number of anilines is 1. The van der Waals surface area contributed by atoms with Crippen LogP contribution < -0.4 is 5.32 Å². The average molecular weight is 319 g/mol. The summed E-state index contributed by atoms with van der Waals surface area (Å²) >= 11 is 0. The van der Waals surface area contributed by atoms with Crippen molar-refractivity contribution in [1.82, 2.24) is 19.8 Å². The van der Waals surface area contributed by atoms with E-state index < -0.39 is 0 Å². The molecule has 0 unspecified atom stereocenters. The van der Waals surface area contributed by atoms with E-state index in [-0.39, 0.29) is 5.91 Å². The van der Waals surface area contributed by atoms with Crippen molar-refractivity contribution in [3.05, 3.63) is 66.3 Å². The third kappa shape index (κ3) is 2.41. The van der Waals surface area contributed by atoms with E-state index in [1.807, 2.05) is 43.5 Å². The summed E-state index contributed by atoms with van der Waals surface area (Å²) in [7, 11) is 0. The maximum absolute atomic E-state index is 12.7. The number of hydrogen-bond donors (Lipinski definition) is 1. The second-order valence-electron chi connectivity index (χ2n) is 5.33. The Morgan fingerprint density at radius 2 is 2.17 bits per heavy atom. The van der Waals surface area contributed by atoms with Crippen molar-refractivity contribution in [2.75, 3.05) is 5.32 Å². The number of carbonyl (C=O) groups is 1. The maximum Gasteiger partial charge on any atom is 0.256 e. The van der Waals surface area contributed by atoms with Crippen LogP contribution in [0.15, 0.2) is 59.7 Å². The van der Waals surface area contributed by atoms with Gasteiger partial charge in [0.2, 0.25) is 12.2 Å². The van der Waals surface area contributed by atoms with Crippen LogP contribution in [0.3, 0.4) is 0 Å². The van der Waals surface area contributed by atoms with Crippen molar-refractivity contribution in [2.45, 2.75) is 6.92 Å². The van der Waals surface area contributed by atoms with Gasteiger partial charge in [-0.3, -0.25) is 4.79 Å². The van der Waals surface area contributed by atoms with E-state index >= 15 is 0 Å². The third-order valence-corrected chi connectivity index (χ3v) is 3.78. The zero-order valence-electron chi connectivity index (χ0n) is 12.8. The van der Waals surface area contributed by atoms with E-state index in [9.17, 15) is 4.79 Å². The van der Waals surface area contributed by atoms with Gasteiger partial charge in [-0.15, -0.1) is 0 Å². The molecule has 4 rings (SSSR count). The number of hydrogen-bond acceptors (Lipinski definition) is 5.